The molecule has 0 bridgehead atoms. The topological polar surface area (TPSA) is 41.1 Å². The van der Waals surface area contributed by atoms with E-state index in [0.717, 1.165) is 36.7 Å². The number of hydrogen-bond acceptors (Lipinski definition) is 4. The molecule has 4 nitrogen and oxygen atoms in total. The molecule has 106 valence electrons. The third kappa shape index (κ3) is 3.78. The third-order valence-electron chi connectivity index (χ3n) is 3.19. The Morgan fingerprint density at radius 1 is 1.10 bits per heavy atom. The number of benzene rings is 1. The fraction of sp³-hybridized carbons (Fsp3) is 0.375. The second kappa shape index (κ2) is 7.01. The van der Waals surface area contributed by atoms with Crippen molar-refractivity contribution in [3.05, 3.63) is 47.9 Å². The van der Waals surface area contributed by atoms with Gasteiger partial charge in [0.1, 0.15) is 0 Å². The smallest absolute Gasteiger partial charge is 0.151 e. The Morgan fingerprint density at radius 3 is 2.45 bits per heavy atom. The first-order chi connectivity index (χ1) is 9.70. The van der Waals surface area contributed by atoms with E-state index in [9.17, 15) is 0 Å². The first-order valence-electron chi connectivity index (χ1n) is 7.02. The Morgan fingerprint density at radius 2 is 1.85 bits per heavy atom. The minimum absolute atomic E-state index is 0.773. The average Bonchev–Trinajstić information content (AvgIpc) is 2.48. The summed E-state index contributed by atoms with van der Waals surface area (Å²) in [6.07, 6.45) is 4.78. The number of hydrogen-bond donors (Lipinski definition) is 1. The molecule has 1 aromatic heterocycles. The minimum atomic E-state index is 0.773. The molecule has 20 heavy (non-hydrogen) atoms. The van der Waals surface area contributed by atoms with Crippen molar-refractivity contribution in [3.63, 3.8) is 0 Å². The van der Waals surface area contributed by atoms with Gasteiger partial charge in [-0.15, -0.1) is 0 Å². The van der Waals surface area contributed by atoms with Crippen molar-refractivity contribution in [3.8, 4) is 0 Å². The molecule has 2 aromatic rings. The molecule has 0 unspecified atom stereocenters. The van der Waals surface area contributed by atoms with Gasteiger partial charge in [-0.05, 0) is 32.0 Å². The van der Waals surface area contributed by atoms with Gasteiger partial charge in [0.15, 0.2) is 5.82 Å². The highest BCUT2D eigenvalue weighted by Gasteiger charge is 2.05. The summed E-state index contributed by atoms with van der Waals surface area (Å²) in [5.74, 6) is 0.855. The van der Waals surface area contributed by atoms with E-state index < -0.39 is 0 Å². The highest BCUT2D eigenvalue weighted by molar-refractivity contribution is 5.58. The van der Waals surface area contributed by atoms with E-state index in [1.54, 1.807) is 0 Å². The summed E-state index contributed by atoms with van der Waals surface area (Å²) in [5, 5.41) is 3.32. The lowest BCUT2D eigenvalue weighted by atomic mass is 10.2. The van der Waals surface area contributed by atoms with Crippen molar-refractivity contribution >= 4 is 11.5 Å². The normalized spacial score (nSPS) is 10.6. The minimum Gasteiger partial charge on any atom is -0.328 e. The number of anilines is 2. The van der Waals surface area contributed by atoms with Crippen LogP contribution < -0.4 is 10.2 Å². The van der Waals surface area contributed by atoms with Gasteiger partial charge in [0.05, 0.1) is 18.1 Å². The fourth-order valence-electron chi connectivity index (χ4n) is 1.91. The predicted octanol–water partition coefficient (Wildman–Crippen LogP) is 3.05. The van der Waals surface area contributed by atoms with Gasteiger partial charge in [0.25, 0.3) is 0 Å². The predicted molar refractivity (Wildman–Crippen MR) is 83.3 cm³/mol. The maximum Gasteiger partial charge on any atom is 0.151 e. The van der Waals surface area contributed by atoms with Crippen LogP contribution in [-0.4, -0.2) is 23.6 Å². The van der Waals surface area contributed by atoms with Crippen molar-refractivity contribution in [2.45, 2.75) is 26.8 Å². The van der Waals surface area contributed by atoms with E-state index in [2.05, 4.69) is 53.4 Å². The molecule has 0 atom stereocenters. The van der Waals surface area contributed by atoms with Crippen LogP contribution in [0.15, 0.2) is 36.7 Å². The summed E-state index contributed by atoms with van der Waals surface area (Å²) in [4.78, 5) is 11.0. The standard InChI is InChI=1S/C16H22N4/c1-4-9-17-10-14-11-19-16(12-18-14)20(3)15-7-5-13(2)6-8-15/h5-8,11-12,17H,4,9-10H2,1-3H3. The van der Waals surface area contributed by atoms with Crippen LogP contribution in [0.1, 0.15) is 24.6 Å². The molecule has 2 rings (SSSR count). The summed E-state index contributed by atoms with van der Waals surface area (Å²) < 4.78 is 0. The van der Waals surface area contributed by atoms with E-state index in [1.165, 1.54) is 5.56 Å². The number of nitrogens with zero attached hydrogens (tertiary/aromatic N) is 3. The Balaban J connectivity index is 2.03. The summed E-state index contributed by atoms with van der Waals surface area (Å²) in [7, 11) is 2.00. The molecule has 1 N–H and O–H groups in total. The first kappa shape index (κ1) is 14.5. The molecule has 0 radical (unpaired) electrons. The third-order valence-corrected chi connectivity index (χ3v) is 3.19. The van der Waals surface area contributed by atoms with E-state index >= 15 is 0 Å². The molecule has 0 spiro atoms. The van der Waals surface area contributed by atoms with Gasteiger partial charge < -0.3 is 10.2 Å². The van der Waals surface area contributed by atoms with Crippen LogP contribution in [0.25, 0.3) is 0 Å². The molecule has 0 amide bonds. The summed E-state index contributed by atoms with van der Waals surface area (Å²) in [5.41, 5.74) is 3.34. The maximum atomic E-state index is 4.48. The summed E-state index contributed by atoms with van der Waals surface area (Å²) in [6, 6.07) is 8.38. The van der Waals surface area contributed by atoms with Crippen LogP contribution in [0.3, 0.4) is 0 Å². The Kier molecular flexibility index (Phi) is 5.07. The average molecular weight is 270 g/mol. The zero-order valence-electron chi connectivity index (χ0n) is 12.4. The van der Waals surface area contributed by atoms with Gasteiger partial charge in [-0.1, -0.05) is 24.6 Å². The zero-order chi connectivity index (χ0) is 14.4. The Labute approximate surface area is 120 Å². The maximum absolute atomic E-state index is 4.48. The molecule has 4 heteroatoms. The van der Waals surface area contributed by atoms with Gasteiger partial charge >= 0.3 is 0 Å². The van der Waals surface area contributed by atoms with Crippen LogP contribution >= 0.6 is 0 Å². The van der Waals surface area contributed by atoms with Crippen LogP contribution in [0.4, 0.5) is 11.5 Å². The fourth-order valence-corrected chi connectivity index (χ4v) is 1.91. The van der Waals surface area contributed by atoms with Crippen LogP contribution in [-0.2, 0) is 6.54 Å². The SMILES string of the molecule is CCCNCc1cnc(N(C)c2ccc(C)cc2)cn1. The molecule has 0 saturated heterocycles. The second-order valence-electron chi connectivity index (χ2n) is 4.94. The lowest BCUT2D eigenvalue weighted by Crippen LogP contribution is -2.16. The van der Waals surface area contributed by atoms with E-state index in [0.29, 0.717) is 0 Å². The second-order valence-corrected chi connectivity index (χ2v) is 4.94. The molecule has 1 heterocycles. The molecular weight excluding hydrogens is 248 g/mol. The number of rotatable bonds is 6. The van der Waals surface area contributed by atoms with Crippen molar-refractivity contribution in [1.82, 2.24) is 15.3 Å². The van der Waals surface area contributed by atoms with Crippen LogP contribution in [0, 0.1) is 6.92 Å². The number of nitrogens with one attached hydrogen (secondary N) is 1. The number of aryl methyl sites for hydroxylation is 1. The van der Waals surface area contributed by atoms with Gasteiger partial charge in [-0.25, -0.2) is 4.98 Å². The van der Waals surface area contributed by atoms with Crippen LogP contribution in [0.5, 0.6) is 0 Å². The Bertz CT molecular complexity index is 519. The molecule has 0 saturated carbocycles. The molecule has 0 aliphatic heterocycles. The highest BCUT2D eigenvalue weighted by atomic mass is 15.2. The molecule has 0 aliphatic rings. The van der Waals surface area contributed by atoms with Gasteiger partial charge in [0, 0.05) is 19.3 Å². The van der Waals surface area contributed by atoms with Gasteiger partial charge in [0.2, 0.25) is 0 Å². The highest BCUT2D eigenvalue weighted by Crippen LogP contribution is 2.20. The quantitative estimate of drug-likeness (QED) is 0.819. The van der Waals surface area contributed by atoms with E-state index in [4.69, 9.17) is 0 Å². The van der Waals surface area contributed by atoms with Gasteiger partial charge in [-0.2, -0.15) is 0 Å². The summed E-state index contributed by atoms with van der Waals surface area (Å²) >= 11 is 0. The Hall–Kier alpha value is -1.94. The lowest BCUT2D eigenvalue weighted by Gasteiger charge is -2.18. The van der Waals surface area contributed by atoms with E-state index in [-0.39, 0.29) is 0 Å². The van der Waals surface area contributed by atoms with Gasteiger partial charge in [-0.3, -0.25) is 4.98 Å². The zero-order valence-corrected chi connectivity index (χ0v) is 12.4. The first-order valence-corrected chi connectivity index (χ1v) is 7.02. The number of aromatic nitrogens is 2. The largest absolute Gasteiger partial charge is 0.328 e. The van der Waals surface area contributed by atoms with E-state index in [1.807, 2.05) is 24.3 Å². The molecular formula is C16H22N4. The molecule has 0 fully saturated rings. The molecule has 1 aromatic carbocycles. The van der Waals surface area contributed by atoms with Crippen LogP contribution in [0.2, 0.25) is 0 Å². The lowest BCUT2D eigenvalue weighted by molar-refractivity contribution is 0.662. The summed E-state index contributed by atoms with van der Waals surface area (Å²) in [6.45, 7) is 6.02. The van der Waals surface area contributed by atoms with Crippen molar-refractivity contribution in [2.75, 3.05) is 18.5 Å². The van der Waals surface area contributed by atoms with Crippen molar-refractivity contribution in [2.24, 2.45) is 0 Å². The monoisotopic (exact) mass is 270 g/mol. The molecule has 0 aliphatic carbocycles. The van der Waals surface area contributed by atoms with Crippen molar-refractivity contribution in [1.29, 1.82) is 0 Å². The van der Waals surface area contributed by atoms with Crippen molar-refractivity contribution < 1.29 is 0 Å².